The molecule has 1 fully saturated rings. The molecule has 1 aromatic carbocycles. The van der Waals surface area contributed by atoms with Crippen LogP contribution in [0, 0.1) is 12.8 Å². The molecule has 0 radical (unpaired) electrons. The van der Waals surface area contributed by atoms with Crippen molar-refractivity contribution < 1.29 is 24.2 Å². The number of ether oxygens (including phenoxy) is 2. The minimum absolute atomic E-state index is 0.276. The zero-order valence-corrected chi connectivity index (χ0v) is 16.1. The lowest BCUT2D eigenvalue weighted by Gasteiger charge is -2.24. The van der Waals surface area contributed by atoms with E-state index in [0.29, 0.717) is 31.3 Å². The first-order valence-electron chi connectivity index (χ1n) is 8.98. The summed E-state index contributed by atoms with van der Waals surface area (Å²) in [5.41, 5.74) is 1.03. The molecule has 1 N–H and O–H groups in total. The Morgan fingerprint density at radius 3 is 2.74 bits per heavy atom. The quantitative estimate of drug-likeness (QED) is 0.650. The summed E-state index contributed by atoms with van der Waals surface area (Å²) in [5, 5.41) is 14.2. The molecule has 1 aliphatic rings. The minimum atomic E-state index is -1.34. The maximum absolute atomic E-state index is 12.2. The van der Waals surface area contributed by atoms with Crippen LogP contribution in [0.15, 0.2) is 18.3 Å². The van der Waals surface area contributed by atoms with E-state index in [2.05, 4.69) is 5.10 Å². The topological polar surface area (TPSA) is 93.9 Å². The molecule has 8 heteroatoms. The van der Waals surface area contributed by atoms with Gasteiger partial charge in [0, 0.05) is 36.8 Å². The van der Waals surface area contributed by atoms with E-state index in [1.54, 1.807) is 17.0 Å². The van der Waals surface area contributed by atoms with Crippen LogP contribution in [0.5, 0.6) is 5.75 Å². The molecule has 0 spiro atoms. The number of carboxylic acid groups (broad SMARTS) is 1. The second-order valence-corrected chi connectivity index (χ2v) is 7.92. The van der Waals surface area contributed by atoms with Gasteiger partial charge in [0.15, 0.2) is 0 Å². The Labute approximate surface area is 157 Å². The molecule has 1 aromatic heterocycles. The Balaban J connectivity index is 1.68. The highest BCUT2D eigenvalue weighted by Gasteiger charge is 2.30. The lowest BCUT2D eigenvalue weighted by molar-refractivity contribution is 0.0286. The number of nitrogens with zero attached hydrogens (tertiary/aromatic N) is 3. The summed E-state index contributed by atoms with van der Waals surface area (Å²) < 4.78 is 12.1. The second kappa shape index (κ2) is 7.09. The van der Waals surface area contributed by atoms with Gasteiger partial charge in [0.25, 0.3) is 0 Å². The van der Waals surface area contributed by atoms with Crippen molar-refractivity contribution in [2.75, 3.05) is 13.1 Å². The van der Waals surface area contributed by atoms with E-state index >= 15 is 0 Å². The van der Waals surface area contributed by atoms with E-state index in [9.17, 15) is 9.59 Å². The smallest absolute Gasteiger partial charge is 0.449 e. The van der Waals surface area contributed by atoms with Gasteiger partial charge >= 0.3 is 12.2 Å². The standard InChI is InChI=1S/C19H25N3O5/c1-12-14-11-22(20-15(14)5-6-16(12)26-18(24)25)10-13-7-8-21(9-13)17(23)27-19(2,3)4/h5-6,11,13H,7-10H2,1-4H3,(H,24,25)/t13-/m1/s1. The highest BCUT2D eigenvalue weighted by Crippen LogP contribution is 2.28. The summed E-state index contributed by atoms with van der Waals surface area (Å²) in [6, 6.07) is 3.36. The summed E-state index contributed by atoms with van der Waals surface area (Å²) >= 11 is 0. The Morgan fingerprint density at radius 2 is 2.07 bits per heavy atom. The van der Waals surface area contributed by atoms with Crippen molar-refractivity contribution in [3.63, 3.8) is 0 Å². The van der Waals surface area contributed by atoms with Gasteiger partial charge in [-0.1, -0.05) is 0 Å². The SMILES string of the molecule is Cc1c(OC(=O)O)ccc2nn(C[C@@H]3CCN(C(=O)OC(C)(C)C)C3)cc12. The molecule has 146 valence electrons. The van der Waals surface area contributed by atoms with Crippen molar-refractivity contribution in [1.29, 1.82) is 0 Å². The lowest BCUT2D eigenvalue weighted by Crippen LogP contribution is -2.35. The fraction of sp³-hybridized carbons (Fsp3) is 0.526. The zero-order valence-electron chi connectivity index (χ0n) is 16.1. The number of carbonyl (C=O) groups excluding carboxylic acids is 1. The lowest BCUT2D eigenvalue weighted by atomic mass is 10.1. The average Bonchev–Trinajstić information content (AvgIpc) is 3.15. The molecule has 2 heterocycles. The molecule has 27 heavy (non-hydrogen) atoms. The molecule has 0 unspecified atom stereocenters. The van der Waals surface area contributed by atoms with Crippen molar-refractivity contribution in [1.82, 2.24) is 14.7 Å². The van der Waals surface area contributed by atoms with Crippen molar-refractivity contribution >= 4 is 23.2 Å². The molecular weight excluding hydrogens is 350 g/mol. The fourth-order valence-electron chi connectivity index (χ4n) is 3.30. The van der Waals surface area contributed by atoms with Crippen LogP contribution in [-0.2, 0) is 11.3 Å². The highest BCUT2D eigenvalue weighted by atomic mass is 16.7. The fourth-order valence-corrected chi connectivity index (χ4v) is 3.30. The van der Waals surface area contributed by atoms with Gasteiger partial charge in [-0.2, -0.15) is 5.10 Å². The summed E-state index contributed by atoms with van der Waals surface area (Å²) in [5.74, 6) is 0.605. The summed E-state index contributed by atoms with van der Waals surface area (Å²) in [6.45, 7) is 9.39. The molecule has 2 aromatic rings. The van der Waals surface area contributed by atoms with E-state index in [-0.39, 0.29) is 6.09 Å². The Kier molecular flexibility index (Phi) is 4.99. The van der Waals surface area contributed by atoms with Crippen molar-refractivity contribution in [3.8, 4) is 5.75 Å². The first-order chi connectivity index (χ1) is 12.6. The third-order valence-corrected chi connectivity index (χ3v) is 4.54. The predicted octanol–water partition coefficient (Wildman–Crippen LogP) is 3.66. The molecule has 3 rings (SSSR count). The average molecular weight is 375 g/mol. The predicted molar refractivity (Wildman–Crippen MR) is 99.0 cm³/mol. The molecule has 0 aliphatic carbocycles. The normalized spacial score (nSPS) is 17.3. The molecule has 1 atom stereocenters. The number of aryl methyl sites for hydroxylation is 1. The third kappa shape index (κ3) is 4.50. The first kappa shape index (κ1) is 19.0. The first-order valence-corrected chi connectivity index (χ1v) is 8.98. The van der Waals surface area contributed by atoms with Gasteiger partial charge in [0.2, 0.25) is 0 Å². The number of carbonyl (C=O) groups is 2. The van der Waals surface area contributed by atoms with E-state index in [1.165, 1.54) is 0 Å². The largest absolute Gasteiger partial charge is 0.511 e. The molecule has 1 saturated heterocycles. The van der Waals surface area contributed by atoms with Crippen molar-refractivity contribution in [2.45, 2.75) is 46.3 Å². The molecule has 0 saturated carbocycles. The molecule has 8 nitrogen and oxygen atoms in total. The van der Waals surface area contributed by atoms with Crippen LogP contribution in [0.4, 0.5) is 9.59 Å². The summed E-state index contributed by atoms with van der Waals surface area (Å²) in [4.78, 5) is 24.7. The van der Waals surface area contributed by atoms with Gasteiger partial charge in [-0.05, 0) is 52.2 Å². The van der Waals surface area contributed by atoms with E-state index in [0.717, 1.165) is 22.9 Å². The van der Waals surface area contributed by atoms with E-state index < -0.39 is 11.8 Å². The van der Waals surface area contributed by atoms with Crippen LogP contribution in [0.1, 0.15) is 32.8 Å². The number of fused-ring (bicyclic) bond motifs is 1. The maximum Gasteiger partial charge on any atom is 0.511 e. The number of benzene rings is 1. The van der Waals surface area contributed by atoms with Crippen LogP contribution in [0.25, 0.3) is 10.9 Å². The van der Waals surface area contributed by atoms with Gasteiger partial charge in [0.1, 0.15) is 11.4 Å². The number of aromatic nitrogens is 2. The van der Waals surface area contributed by atoms with Crippen molar-refractivity contribution in [2.24, 2.45) is 5.92 Å². The van der Waals surface area contributed by atoms with Gasteiger partial charge < -0.3 is 19.5 Å². The molecular formula is C19H25N3O5. The third-order valence-electron chi connectivity index (χ3n) is 4.54. The van der Waals surface area contributed by atoms with Gasteiger partial charge in [-0.15, -0.1) is 0 Å². The van der Waals surface area contributed by atoms with Crippen molar-refractivity contribution in [3.05, 3.63) is 23.9 Å². The number of hydrogen-bond acceptors (Lipinski definition) is 5. The molecule has 1 aliphatic heterocycles. The minimum Gasteiger partial charge on any atom is -0.449 e. The van der Waals surface area contributed by atoms with Gasteiger partial charge in [-0.25, -0.2) is 9.59 Å². The summed E-state index contributed by atoms with van der Waals surface area (Å²) in [6.07, 6.45) is 1.18. The Hall–Kier alpha value is -2.77. The Bertz CT molecular complexity index is 868. The van der Waals surface area contributed by atoms with E-state index in [4.69, 9.17) is 14.6 Å². The Morgan fingerprint density at radius 1 is 1.33 bits per heavy atom. The van der Waals surface area contributed by atoms with Crippen LogP contribution in [-0.4, -0.2) is 50.7 Å². The molecule has 1 amide bonds. The van der Waals surface area contributed by atoms with Crippen LogP contribution in [0.3, 0.4) is 0 Å². The molecule has 0 bridgehead atoms. The zero-order chi connectivity index (χ0) is 19.8. The van der Waals surface area contributed by atoms with E-state index in [1.807, 2.05) is 38.6 Å². The number of rotatable bonds is 3. The van der Waals surface area contributed by atoms with Crippen LogP contribution < -0.4 is 4.74 Å². The van der Waals surface area contributed by atoms with Crippen LogP contribution in [0.2, 0.25) is 0 Å². The van der Waals surface area contributed by atoms with Crippen LogP contribution >= 0.6 is 0 Å². The number of likely N-dealkylation sites (tertiary alicyclic amines) is 1. The summed E-state index contributed by atoms with van der Waals surface area (Å²) in [7, 11) is 0. The maximum atomic E-state index is 12.2. The number of hydrogen-bond donors (Lipinski definition) is 1. The number of amides is 1. The van der Waals surface area contributed by atoms with Gasteiger partial charge in [-0.3, -0.25) is 4.68 Å². The highest BCUT2D eigenvalue weighted by molar-refractivity contribution is 5.84. The van der Waals surface area contributed by atoms with Gasteiger partial charge in [0.05, 0.1) is 5.52 Å². The second-order valence-electron chi connectivity index (χ2n) is 7.92. The monoisotopic (exact) mass is 375 g/mol.